The second-order valence-corrected chi connectivity index (χ2v) is 7.97. The Morgan fingerprint density at radius 1 is 1.12 bits per heavy atom. The van der Waals surface area contributed by atoms with Gasteiger partial charge in [-0.15, -0.1) is 0 Å². The van der Waals surface area contributed by atoms with Crippen molar-refractivity contribution >= 4 is 11.8 Å². The van der Waals surface area contributed by atoms with Gasteiger partial charge in [-0.25, -0.2) is 0 Å². The van der Waals surface area contributed by atoms with Gasteiger partial charge < -0.3 is 10.2 Å². The Morgan fingerprint density at radius 2 is 1.79 bits per heavy atom. The summed E-state index contributed by atoms with van der Waals surface area (Å²) in [5.41, 5.74) is 0. The van der Waals surface area contributed by atoms with E-state index in [0.717, 1.165) is 39.3 Å². The summed E-state index contributed by atoms with van der Waals surface area (Å²) in [6.45, 7) is 12.1. The van der Waals surface area contributed by atoms with E-state index < -0.39 is 0 Å². The van der Waals surface area contributed by atoms with E-state index in [1.165, 1.54) is 12.8 Å². The van der Waals surface area contributed by atoms with Crippen LogP contribution in [0.25, 0.3) is 0 Å². The third-order valence-corrected chi connectivity index (χ3v) is 5.96. The molecule has 2 saturated heterocycles. The summed E-state index contributed by atoms with van der Waals surface area (Å²) in [4.78, 5) is 30.4. The summed E-state index contributed by atoms with van der Waals surface area (Å²) in [5.74, 6) is 1.63. The molecule has 3 rings (SSSR count). The van der Waals surface area contributed by atoms with Gasteiger partial charge in [0.2, 0.25) is 11.8 Å². The second kappa shape index (κ2) is 7.40. The Hall–Kier alpha value is -1.14. The molecule has 2 aliphatic heterocycles. The fourth-order valence-electron chi connectivity index (χ4n) is 4.24. The maximum absolute atomic E-state index is 12.2. The van der Waals surface area contributed by atoms with Gasteiger partial charge in [-0.1, -0.05) is 6.92 Å². The van der Waals surface area contributed by atoms with Crippen LogP contribution in [0.2, 0.25) is 0 Å². The summed E-state index contributed by atoms with van der Waals surface area (Å²) in [6.07, 6.45) is 2.52. The van der Waals surface area contributed by atoms with E-state index in [4.69, 9.17) is 0 Å². The van der Waals surface area contributed by atoms with Crippen LogP contribution < -0.4 is 5.32 Å². The predicted octanol–water partition coefficient (Wildman–Crippen LogP) is 0.386. The molecule has 1 saturated carbocycles. The number of hydrogen-bond acceptors (Lipinski definition) is 4. The molecule has 2 amide bonds. The molecule has 0 radical (unpaired) electrons. The molecule has 0 aromatic rings. The smallest absolute Gasteiger partial charge is 0.234 e. The zero-order valence-electron chi connectivity index (χ0n) is 15.3. The summed E-state index contributed by atoms with van der Waals surface area (Å²) < 4.78 is 0. The number of rotatable bonds is 5. The van der Waals surface area contributed by atoms with Gasteiger partial charge in [0.25, 0.3) is 0 Å². The first kappa shape index (κ1) is 17.7. The van der Waals surface area contributed by atoms with Gasteiger partial charge >= 0.3 is 0 Å². The van der Waals surface area contributed by atoms with Gasteiger partial charge in [0.15, 0.2) is 0 Å². The minimum Gasteiger partial charge on any atom is -0.352 e. The predicted molar refractivity (Wildman–Crippen MR) is 93.5 cm³/mol. The maximum Gasteiger partial charge on any atom is 0.234 e. The number of carbonyl (C=O) groups excluding carboxylic acids is 2. The lowest BCUT2D eigenvalue weighted by Crippen LogP contribution is -2.53. The van der Waals surface area contributed by atoms with Gasteiger partial charge in [-0.2, -0.15) is 0 Å². The summed E-state index contributed by atoms with van der Waals surface area (Å²) >= 11 is 0. The molecule has 3 unspecified atom stereocenters. The molecular weight excluding hydrogens is 304 g/mol. The van der Waals surface area contributed by atoms with Crippen molar-refractivity contribution in [2.75, 3.05) is 45.8 Å². The molecule has 1 N–H and O–H groups in total. The van der Waals surface area contributed by atoms with Crippen molar-refractivity contribution in [1.29, 1.82) is 0 Å². The van der Waals surface area contributed by atoms with Crippen LogP contribution >= 0.6 is 0 Å². The summed E-state index contributed by atoms with van der Waals surface area (Å²) in [5, 5.41) is 3.16. The number of nitrogens with zero attached hydrogens (tertiary/aromatic N) is 3. The van der Waals surface area contributed by atoms with E-state index >= 15 is 0 Å². The number of nitrogens with one attached hydrogen (secondary N) is 1. The molecule has 3 atom stereocenters. The minimum absolute atomic E-state index is 0.170. The van der Waals surface area contributed by atoms with Crippen LogP contribution in [0, 0.1) is 11.8 Å². The van der Waals surface area contributed by atoms with Crippen molar-refractivity contribution < 1.29 is 9.59 Å². The molecule has 3 fully saturated rings. The van der Waals surface area contributed by atoms with Crippen molar-refractivity contribution in [3.8, 4) is 0 Å². The van der Waals surface area contributed by atoms with Crippen LogP contribution in [0.5, 0.6) is 0 Å². The molecule has 3 aliphatic rings. The number of hydrogen-bond donors (Lipinski definition) is 1. The number of amides is 2. The average molecular weight is 336 g/mol. The molecular formula is C18H32N4O2. The highest BCUT2D eigenvalue weighted by Crippen LogP contribution is 2.32. The molecule has 0 spiro atoms. The number of likely N-dealkylation sites (tertiary alicyclic amines) is 1. The molecule has 0 aromatic carbocycles. The lowest BCUT2D eigenvalue weighted by Gasteiger charge is -2.39. The van der Waals surface area contributed by atoms with E-state index in [1.807, 2.05) is 4.90 Å². The van der Waals surface area contributed by atoms with E-state index in [0.29, 0.717) is 30.5 Å². The van der Waals surface area contributed by atoms with E-state index in [2.05, 4.69) is 29.0 Å². The Balaban J connectivity index is 1.44. The van der Waals surface area contributed by atoms with Crippen molar-refractivity contribution in [3.63, 3.8) is 0 Å². The van der Waals surface area contributed by atoms with E-state index in [1.54, 1.807) is 6.92 Å². The Bertz CT molecular complexity index is 472. The highest BCUT2D eigenvalue weighted by Gasteiger charge is 2.36. The fraction of sp³-hybridized carbons (Fsp3) is 0.889. The quantitative estimate of drug-likeness (QED) is 0.789. The van der Waals surface area contributed by atoms with Crippen LogP contribution in [-0.4, -0.2) is 84.4 Å². The Labute approximate surface area is 145 Å². The van der Waals surface area contributed by atoms with Crippen LogP contribution in [0.1, 0.15) is 33.6 Å². The van der Waals surface area contributed by atoms with Gasteiger partial charge in [-0.05, 0) is 31.6 Å². The first-order chi connectivity index (χ1) is 11.4. The topological polar surface area (TPSA) is 55.9 Å². The Morgan fingerprint density at radius 3 is 2.38 bits per heavy atom. The zero-order valence-corrected chi connectivity index (χ0v) is 15.3. The normalized spacial score (nSPS) is 30.4. The summed E-state index contributed by atoms with van der Waals surface area (Å²) in [6, 6.07) is 0.834. The highest BCUT2D eigenvalue weighted by atomic mass is 16.2. The first-order valence-electron chi connectivity index (χ1n) is 9.45. The second-order valence-electron chi connectivity index (χ2n) is 7.97. The van der Waals surface area contributed by atoms with Crippen molar-refractivity contribution in [2.45, 2.75) is 45.7 Å². The third-order valence-electron chi connectivity index (χ3n) is 5.96. The summed E-state index contributed by atoms with van der Waals surface area (Å²) in [7, 11) is 0. The van der Waals surface area contributed by atoms with Crippen LogP contribution in [0.4, 0.5) is 0 Å². The average Bonchev–Trinajstić information content (AvgIpc) is 3.32. The van der Waals surface area contributed by atoms with Gasteiger partial charge in [-0.3, -0.25) is 19.4 Å². The van der Waals surface area contributed by atoms with Gasteiger partial charge in [0.05, 0.1) is 6.54 Å². The van der Waals surface area contributed by atoms with Crippen LogP contribution in [0.3, 0.4) is 0 Å². The SMILES string of the molecule is CC(=O)N1CCN(C2CN(CC(=O)NC(C)C3CC3)CC2C)CC1. The molecule has 2 heterocycles. The van der Waals surface area contributed by atoms with Gasteiger partial charge in [0.1, 0.15) is 0 Å². The standard InChI is InChI=1S/C18H32N4O2/c1-13-10-20(12-18(24)19-14(2)16-4-5-16)11-17(13)22-8-6-21(7-9-22)15(3)23/h13-14,16-17H,4-12H2,1-3H3,(H,19,24). The molecule has 1 aliphatic carbocycles. The van der Waals surface area contributed by atoms with Crippen molar-refractivity contribution in [3.05, 3.63) is 0 Å². The molecule has 0 bridgehead atoms. The zero-order chi connectivity index (χ0) is 17.3. The minimum atomic E-state index is 0.170. The van der Waals surface area contributed by atoms with E-state index in [-0.39, 0.29) is 11.8 Å². The molecule has 24 heavy (non-hydrogen) atoms. The molecule has 6 heteroatoms. The van der Waals surface area contributed by atoms with Gasteiger partial charge in [0, 0.05) is 58.3 Å². The molecule has 0 aromatic heterocycles. The van der Waals surface area contributed by atoms with Crippen molar-refractivity contribution in [1.82, 2.24) is 20.0 Å². The number of piperazine rings is 1. The third kappa shape index (κ3) is 4.28. The van der Waals surface area contributed by atoms with Crippen LogP contribution in [-0.2, 0) is 9.59 Å². The maximum atomic E-state index is 12.2. The van der Waals surface area contributed by atoms with Crippen molar-refractivity contribution in [2.24, 2.45) is 11.8 Å². The van der Waals surface area contributed by atoms with Crippen LogP contribution in [0.15, 0.2) is 0 Å². The fourth-order valence-corrected chi connectivity index (χ4v) is 4.24. The van der Waals surface area contributed by atoms with E-state index in [9.17, 15) is 9.59 Å². The first-order valence-corrected chi connectivity index (χ1v) is 9.45. The lowest BCUT2D eigenvalue weighted by molar-refractivity contribution is -0.131. The largest absolute Gasteiger partial charge is 0.352 e. The Kier molecular flexibility index (Phi) is 5.45. The molecule has 6 nitrogen and oxygen atoms in total. The molecule has 136 valence electrons. The lowest BCUT2D eigenvalue weighted by atomic mass is 10.0. The highest BCUT2D eigenvalue weighted by molar-refractivity contribution is 5.78. The number of carbonyl (C=O) groups is 2. The monoisotopic (exact) mass is 336 g/mol.